The first kappa shape index (κ1) is 20.4. The zero-order chi connectivity index (χ0) is 20.1. The van der Waals surface area contributed by atoms with Crippen LogP contribution in [0, 0.1) is 16.7 Å². The number of ketones is 1. The quantitative estimate of drug-likeness (QED) is 0.530. The molecule has 2 rings (SSSR count). The monoisotopic (exact) mass is 392 g/mol. The number of ether oxygens (including phenoxy) is 2. The number of nitrogens with zero attached hydrogens (tertiary/aromatic N) is 4. The van der Waals surface area contributed by atoms with Crippen molar-refractivity contribution < 1.29 is 24.2 Å². The minimum Gasteiger partial charge on any atom is -0.464 e. The van der Waals surface area contributed by atoms with E-state index in [1.54, 1.807) is 6.07 Å². The summed E-state index contributed by atoms with van der Waals surface area (Å²) in [5, 5.41) is 23.8. The third kappa shape index (κ3) is 4.81. The molecule has 9 nitrogen and oxygen atoms in total. The summed E-state index contributed by atoms with van der Waals surface area (Å²) < 4.78 is 11.3. The van der Waals surface area contributed by atoms with Crippen LogP contribution in [0.5, 0.6) is 5.75 Å². The van der Waals surface area contributed by atoms with Crippen molar-refractivity contribution in [2.45, 2.75) is 26.2 Å². The highest BCUT2D eigenvalue weighted by atomic mass is 35.5. The molecule has 10 heteroatoms. The van der Waals surface area contributed by atoms with Crippen LogP contribution < -0.4 is 4.74 Å². The Morgan fingerprint density at radius 1 is 1.33 bits per heavy atom. The predicted octanol–water partition coefficient (Wildman–Crippen LogP) is 1.67. The summed E-state index contributed by atoms with van der Waals surface area (Å²) in [7, 11) is 0. The second-order valence-electron chi connectivity index (χ2n) is 6.21. The topological polar surface area (TPSA) is 127 Å². The Balaban J connectivity index is 2.30. The Bertz CT molecular complexity index is 845. The Hall–Kier alpha value is -2.96. The first-order chi connectivity index (χ1) is 12.7. The molecule has 1 unspecified atom stereocenters. The molecule has 0 aliphatic heterocycles. The maximum absolute atomic E-state index is 13.1. The molecule has 0 amide bonds. The Labute approximate surface area is 160 Å². The van der Waals surface area contributed by atoms with Gasteiger partial charge in [0.15, 0.2) is 0 Å². The van der Waals surface area contributed by atoms with Gasteiger partial charge in [-0.2, -0.15) is 15.0 Å². The number of carbonyl (C=O) groups excluding carboxylic acids is 2. The van der Waals surface area contributed by atoms with Crippen LogP contribution in [0.15, 0.2) is 36.9 Å². The summed E-state index contributed by atoms with van der Waals surface area (Å²) in [6, 6.07) is 7.65. The number of aliphatic hydroxyl groups is 1. The van der Waals surface area contributed by atoms with Crippen LogP contribution in [0.4, 0.5) is 0 Å². The minimum atomic E-state index is -2.55. The molecule has 1 atom stereocenters. The zero-order valence-corrected chi connectivity index (χ0v) is 15.4. The smallest absolute Gasteiger partial charge is 0.376 e. The number of esters is 1. The van der Waals surface area contributed by atoms with Gasteiger partial charge in [0.1, 0.15) is 31.4 Å². The van der Waals surface area contributed by atoms with Gasteiger partial charge in [0, 0.05) is 5.02 Å². The predicted molar refractivity (Wildman–Crippen MR) is 92.3 cm³/mol. The van der Waals surface area contributed by atoms with Crippen LogP contribution in [0.25, 0.3) is 0 Å². The van der Waals surface area contributed by atoms with E-state index in [2.05, 4.69) is 10.1 Å². The number of hydrogen-bond acceptors (Lipinski definition) is 8. The molecular formula is C17H17ClN4O5. The first-order valence-electron chi connectivity index (χ1n) is 7.78. The number of Topliss-reactive ketones (excluding diaryl/α,β-unsaturated/α-hetero) is 1. The minimum absolute atomic E-state index is 0.156. The lowest BCUT2D eigenvalue weighted by Crippen LogP contribution is -2.54. The largest absolute Gasteiger partial charge is 0.464 e. The fourth-order valence-corrected chi connectivity index (χ4v) is 2.24. The maximum Gasteiger partial charge on any atom is 0.376 e. The lowest BCUT2D eigenvalue weighted by Gasteiger charge is -2.33. The van der Waals surface area contributed by atoms with Crippen LogP contribution in [0.1, 0.15) is 20.3 Å². The van der Waals surface area contributed by atoms with Crippen molar-refractivity contribution in [2.75, 3.05) is 6.61 Å². The molecule has 0 radical (unpaired) electrons. The summed E-state index contributed by atoms with van der Waals surface area (Å²) in [5.41, 5.74) is -1.36. The molecule has 1 heterocycles. The van der Waals surface area contributed by atoms with Crippen LogP contribution in [-0.4, -0.2) is 38.2 Å². The molecule has 1 N–H and O–H groups in total. The van der Waals surface area contributed by atoms with Crippen molar-refractivity contribution in [1.82, 2.24) is 14.8 Å². The molecule has 0 bridgehead atoms. The number of nitriles is 1. The third-order valence-electron chi connectivity index (χ3n) is 3.53. The average molecular weight is 393 g/mol. The SMILES string of the molecule is CC(C)(COC(=O)CC#N)C(=O)C(O)(Oc1ccc(Cl)cc1)n1cncn1. The van der Waals surface area contributed by atoms with Gasteiger partial charge in [0.05, 0.1) is 11.5 Å². The summed E-state index contributed by atoms with van der Waals surface area (Å²) in [4.78, 5) is 28.2. The van der Waals surface area contributed by atoms with Crippen LogP contribution in [-0.2, 0) is 20.2 Å². The highest BCUT2D eigenvalue weighted by Crippen LogP contribution is 2.30. The van der Waals surface area contributed by atoms with E-state index in [0.717, 1.165) is 17.3 Å². The van der Waals surface area contributed by atoms with Crippen LogP contribution in [0.3, 0.4) is 0 Å². The van der Waals surface area contributed by atoms with E-state index in [1.807, 2.05) is 0 Å². The van der Waals surface area contributed by atoms with E-state index in [4.69, 9.17) is 26.3 Å². The lowest BCUT2D eigenvalue weighted by atomic mass is 9.86. The summed E-state index contributed by atoms with van der Waals surface area (Å²) in [6.45, 7) is 2.55. The Morgan fingerprint density at radius 3 is 2.56 bits per heavy atom. The summed E-state index contributed by atoms with van der Waals surface area (Å²) >= 11 is 5.83. The van der Waals surface area contributed by atoms with E-state index < -0.39 is 29.5 Å². The number of benzene rings is 1. The molecule has 1 aromatic carbocycles. The standard InChI is InChI=1S/C17H17ClN4O5/c1-16(2,9-26-14(23)7-8-19)15(24)17(25,22-11-20-10-21-22)27-13-5-3-12(18)4-6-13/h3-6,10-11,25H,7,9H2,1-2H3. The molecule has 0 aliphatic carbocycles. The molecule has 2 aromatic rings. The number of carbonyl (C=O) groups is 2. The highest BCUT2D eigenvalue weighted by molar-refractivity contribution is 6.30. The van der Waals surface area contributed by atoms with Crippen LogP contribution in [0.2, 0.25) is 5.02 Å². The molecule has 0 saturated heterocycles. The molecular weight excluding hydrogens is 376 g/mol. The van der Waals surface area contributed by atoms with E-state index in [9.17, 15) is 14.7 Å². The molecule has 0 spiro atoms. The number of hydrogen-bond donors (Lipinski definition) is 1. The average Bonchev–Trinajstić information content (AvgIpc) is 3.17. The fraction of sp³-hybridized carbons (Fsp3) is 0.353. The van der Waals surface area contributed by atoms with Gasteiger partial charge in [-0.1, -0.05) is 11.6 Å². The second-order valence-corrected chi connectivity index (χ2v) is 6.65. The highest BCUT2D eigenvalue weighted by Gasteiger charge is 2.50. The summed E-state index contributed by atoms with van der Waals surface area (Å²) in [6.07, 6.45) is 1.80. The van der Waals surface area contributed by atoms with Gasteiger partial charge in [0.2, 0.25) is 5.78 Å². The zero-order valence-electron chi connectivity index (χ0n) is 14.6. The van der Waals surface area contributed by atoms with Gasteiger partial charge < -0.3 is 14.6 Å². The first-order valence-corrected chi connectivity index (χ1v) is 8.16. The van der Waals surface area contributed by atoms with Gasteiger partial charge in [-0.05, 0) is 38.1 Å². The van der Waals surface area contributed by atoms with Gasteiger partial charge in [-0.25, -0.2) is 4.98 Å². The normalized spacial score (nSPS) is 13.3. The van der Waals surface area contributed by atoms with Crippen molar-refractivity contribution in [3.05, 3.63) is 41.9 Å². The van der Waals surface area contributed by atoms with E-state index in [0.29, 0.717) is 5.02 Å². The molecule has 142 valence electrons. The van der Waals surface area contributed by atoms with Crippen molar-refractivity contribution >= 4 is 23.4 Å². The lowest BCUT2D eigenvalue weighted by molar-refractivity contribution is -0.222. The van der Waals surface area contributed by atoms with Gasteiger partial charge in [-0.15, -0.1) is 0 Å². The van der Waals surface area contributed by atoms with E-state index >= 15 is 0 Å². The van der Waals surface area contributed by atoms with Gasteiger partial charge in [-0.3, -0.25) is 9.59 Å². The van der Waals surface area contributed by atoms with Crippen molar-refractivity contribution in [3.63, 3.8) is 0 Å². The van der Waals surface area contributed by atoms with E-state index in [-0.39, 0.29) is 12.4 Å². The maximum atomic E-state index is 13.1. The van der Waals surface area contributed by atoms with Crippen molar-refractivity contribution in [1.29, 1.82) is 5.26 Å². The Morgan fingerprint density at radius 2 is 2.00 bits per heavy atom. The second kappa shape index (κ2) is 8.16. The van der Waals surface area contributed by atoms with Crippen molar-refractivity contribution in [3.8, 4) is 11.8 Å². The molecule has 0 aliphatic rings. The fourth-order valence-electron chi connectivity index (χ4n) is 2.11. The van der Waals surface area contributed by atoms with Crippen LogP contribution >= 0.6 is 11.6 Å². The Kier molecular flexibility index (Phi) is 6.15. The number of rotatable bonds is 8. The number of aromatic nitrogens is 3. The van der Waals surface area contributed by atoms with Crippen molar-refractivity contribution in [2.24, 2.45) is 5.41 Å². The molecule has 0 fully saturated rings. The van der Waals surface area contributed by atoms with E-state index in [1.165, 1.54) is 38.1 Å². The van der Waals surface area contributed by atoms with Gasteiger partial charge >= 0.3 is 11.9 Å². The molecule has 1 aromatic heterocycles. The molecule has 0 saturated carbocycles. The summed E-state index contributed by atoms with van der Waals surface area (Å²) in [5.74, 6) is -4.00. The molecule has 27 heavy (non-hydrogen) atoms. The number of halogens is 1. The third-order valence-corrected chi connectivity index (χ3v) is 3.78. The van der Waals surface area contributed by atoms with Gasteiger partial charge in [0.25, 0.3) is 0 Å².